The molecule has 0 spiro atoms. The fourth-order valence-electron chi connectivity index (χ4n) is 2.83. The summed E-state index contributed by atoms with van der Waals surface area (Å²) < 4.78 is 11.1. The van der Waals surface area contributed by atoms with Crippen molar-refractivity contribution in [1.82, 2.24) is 4.90 Å². The summed E-state index contributed by atoms with van der Waals surface area (Å²) in [6.07, 6.45) is 1.82. The van der Waals surface area contributed by atoms with E-state index in [1.165, 1.54) is 5.56 Å². The van der Waals surface area contributed by atoms with Gasteiger partial charge in [0.05, 0.1) is 6.54 Å². The lowest BCUT2D eigenvalue weighted by molar-refractivity contribution is 0.0846. The van der Waals surface area contributed by atoms with Crippen LogP contribution in [0, 0.1) is 0 Å². The molecule has 2 heterocycles. The number of fused-ring (bicyclic) bond motifs is 1. The molecule has 2 aliphatic heterocycles. The predicted octanol–water partition coefficient (Wildman–Crippen LogP) is 3.13. The Morgan fingerprint density at radius 1 is 1.40 bits per heavy atom. The molecule has 0 saturated carbocycles. The summed E-state index contributed by atoms with van der Waals surface area (Å²) in [4.78, 5) is 13.4. The summed E-state index contributed by atoms with van der Waals surface area (Å²) in [6, 6.07) is 6.22. The molecule has 4 heteroatoms. The molecule has 1 aromatic carbocycles. The summed E-state index contributed by atoms with van der Waals surface area (Å²) in [5, 5.41) is 0. The van der Waals surface area contributed by atoms with Crippen LogP contribution in [0.2, 0.25) is 0 Å². The van der Waals surface area contributed by atoms with E-state index in [9.17, 15) is 4.79 Å². The van der Waals surface area contributed by atoms with E-state index in [1.807, 2.05) is 19.1 Å². The molecular weight excluding hydrogens is 254 g/mol. The molecule has 1 atom stereocenters. The predicted molar refractivity (Wildman–Crippen MR) is 75.8 cm³/mol. The van der Waals surface area contributed by atoms with Crippen LogP contribution in [-0.2, 0) is 17.7 Å². The topological polar surface area (TPSA) is 38.8 Å². The van der Waals surface area contributed by atoms with Gasteiger partial charge in [0, 0.05) is 6.54 Å². The molecule has 20 heavy (non-hydrogen) atoms. The number of amides is 1. The SMILES string of the molecule is C[C@@H]1CN(Cc2ccc3c(c2)CCC(C)(C)O3)C(=O)O1. The Morgan fingerprint density at radius 3 is 2.90 bits per heavy atom. The molecule has 1 aromatic rings. The summed E-state index contributed by atoms with van der Waals surface area (Å²) in [6.45, 7) is 7.43. The quantitative estimate of drug-likeness (QED) is 0.832. The van der Waals surface area contributed by atoms with Gasteiger partial charge in [-0.15, -0.1) is 0 Å². The molecule has 0 bridgehead atoms. The standard InChI is InChI=1S/C16H21NO3/c1-11-9-17(15(18)19-11)10-12-4-5-14-13(8-12)6-7-16(2,3)20-14/h4-5,8,11H,6-7,9-10H2,1-3H3/t11-/m1/s1. The molecule has 0 N–H and O–H groups in total. The highest BCUT2D eigenvalue weighted by atomic mass is 16.6. The molecule has 108 valence electrons. The number of carbonyl (C=O) groups excluding carboxylic acids is 1. The van der Waals surface area contributed by atoms with E-state index < -0.39 is 0 Å². The monoisotopic (exact) mass is 275 g/mol. The van der Waals surface area contributed by atoms with Crippen LogP contribution in [0.15, 0.2) is 18.2 Å². The number of ether oxygens (including phenoxy) is 2. The molecule has 1 amide bonds. The maximum absolute atomic E-state index is 11.6. The molecule has 0 aliphatic carbocycles. The Balaban J connectivity index is 1.75. The number of rotatable bonds is 2. The van der Waals surface area contributed by atoms with Gasteiger partial charge in [0.1, 0.15) is 17.5 Å². The Hall–Kier alpha value is -1.71. The van der Waals surface area contributed by atoms with Crippen LogP contribution in [-0.4, -0.2) is 29.2 Å². The largest absolute Gasteiger partial charge is 0.488 e. The zero-order valence-corrected chi connectivity index (χ0v) is 12.3. The van der Waals surface area contributed by atoms with Crippen molar-refractivity contribution in [2.75, 3.05) is 6.54 Å². The molecule has 0 aromatic heterocycles. The van der Waals surface area contributed by atoms with Gasteiger partial charge in [-0.05, 0) is 50.8 Å². The number of carbonyl (C=O) groups is 1. The fraction of sp³-hybridized carbons (Fsp3) is 0.562. The number of hydrogen-bond acceptors (Lipinski definition) is 3. The highest BCUT2D eigenvalue weighted by molar-refractivity contribution is 5.69. The summed E-state index contributed by atoms with van der Waals surface area (Å²) in [5.41, 5.74) is 2.29. The normalized spacial score (nSPS) is 24.1. The van der Waals surface area contributed by atoms with Crippen molar-refractivity contribution < 1.29 is 14.3 Å². The van der Waals surface area contributed by atoms with Crippen LogP contribution in [0.3, 0.4) is 0 Å². The number of nitrogens with zero attached hydrogens (tertiary/aromatic N) is 1. The molecule has 4 nitrogen and oxygen atoms in total. The average Bonchev–Trinajstić information content (AvgIpc) is 2.67. The van der Waals surface area contributed by atoms with Crippen molar-refractivity contribution in [1.29, 1.82) is 0 Å². The Bertz CT molecular complexity index is 539. The van der Waals surface area contributed by atoms with E-state index in [1.54, 1.807) is 4.90 Å². The molecular formula is C16H21NO3. The second-order valence-electron chi connectivity index (χ2n) is 6.38. The number of cyclic esters (lactones) is 1. The van der Waals surface area contributed by atoms with E-state index in [-0.39, 0.29) is 17.8 Å². The lowest BCUT2D eigenvalue weighted by Gasteiger charge is -2.32. The van der Waals surface area contributed by atoms with Gasteiger partial charge in [-0.2, -0.15) is 0 Å². The molecule has 1 fully saturated rings. The van der Waals surface area contributed by atoms with Crippen molar-refractivity contribution in [3.05, 3.63) is 29.3 Å². The minimum atomic E-state index is -0.215. The zero-order chi connectivity index (χ0) is 14.3. The van der Waals surface area contributed by atoms with Crippen molar-refractivity contribution in [3.63, 3.8) is 0 Å². The van der Waals surface area contributed by atoms with E-state index in [0.29, 0.717) is 13.1 Å². The van der Waals surface area contributed by atoms with Crippen LogP contribution in [0.25, 0.3) is 0 Å². The third kappa shape index (κ3) is 2.60. The van der Waals surface area contributed by atoms with Crippen molar-refractivity contribution >= 4 is 6.09 Å². The molecule has 1 saturated heterocycles. The Labute approximate surface area is 119 Å². The van der Waals surface area contributed by atoms with Gasteiger partial charge >= 0.3 is 6.09 Å². The van der Waals surface area contributed by atoms with Crippen LogP contribution in [0.4, 0.5) is 4.79 Å². The third-order valence-electron chi connectivity index (χ3n) is 3.92. The molecule has 3 rings (SSSR count). The molecule has 2 aliphatic rings. The van der Waals surface area contributed by atoms with E-state index in [0.717, 1.165) is 24.2 Å². The van der Waals surface area contributed by atoms with Crippen LogP contribution >= 0.6 is 0 Å². The first-order valence-electron chi connectivity index (χ1n) is 7.19. The fourth-order valence-corrected chi connectivity index (χ4v) is 2.83. The maximum Gasteiger partial charge on any atom is 0.410 e. The van der Waals surface area contributed by atoms with Crippen molar-refractivity contribution in [2.24, 2.45) is 0 Å². The van der Waals surface area contributed by atoms with Gasteiger partial charge in [0.25, 0.3) is 0 Å². The highest BCUT2D eigenvalue weighted by Crippen LogP contribution is 2.33. The smallest absolute Gasteiger partial charge is 0.410 e. The zero-order valence-electron chi connectivity index (χ0n) is 12.3. The lowest BCUT2D eigenvalue weighted by Crippen LogP contribution is -2.32. The number of hydrogen-bond donors (Lipinski definition) is 0. The Kier molecular flexibility index (Phi) is 3.11. The maximum atomic E-state index is 11.6. The number of benzene rings is 1. The first-order valence-corrected chi connectivity index (χ1v) is 7.19. The first-order chi connectivity index (χ1) is 9.43. The van der Waals surface area contributed by atoms with Gasteiger partial charge in [0.15, 0.2) is 0 Å². The minimum absolute atomic E-state index is 0.00994. The van der Waals surface area contributed by atoms with Gasteiger partial charge in [-0.25, -0.2) is 4.79 Å². The molecule has 0 radical (unpaired) electrons. The molecule has 0 unspecified atom stereocenters. The average molecular weight is 275 g/mol. The van der Waals surface area contributed by atoms with Crippen molar-refractivity contribution in [3.8, 4) is 5.75 Å². The highest BCUT2D eigenvalue weighted by Gasteiger charge is 2.29. The third-order valence-corrected chi connectivity index (χ3v) is 3.92. The minimum Gasteiger partial charge on any atom is -0.488 e. The van der Waals surface area contributed by atoms with Gasteiger partial charge in [0.2, 0.25) is 0 Å². The number of aryl methyl sites for hydroxylation is 1. The van der Waals surface area contributed by atoms with E-state index >= 15 is 0 Å². The van der Waals surface area contributed by atoms with Gasteiger partial charge in [-0.3, -0.25) is 0 Å². The lowest BCUT2D eigenvalue weighted by atomic mass is 9.93. The summed E-state index contributed by atoms with van der Waals surface area (Å²) >= 11 is 0. The second-order valence-corrected chi connectivity index (χ2v) is 6.38. The van der Waals surface area contributed by atoms with Crippen LogP contribution in [0.1, 0.15) is 38.3 Å². The van der Waals surface area contributed by atoms with Crippen LogP contribution < -0.4 is 4.74 Å². The second kappa shape index (κ2) is 4.69. The van der Waals surface area contributed by atoms with E-state index in [2.05, 4.69) is 19.9 Å². The van der Waals surface area contributed by atoms with Gasteiger partial charge in [-0.1, -0.05) is 12.1 Å². The van der Waals surface area contributed by atoms with Crippen molar-refractivity contribution in [2.45, 2.75) is 51.9 Å². The van der Waals surface area contributed by atoms with Gasteiger partial charge < -0.3 is 14.4 Å². The van der Waals surface area contributed by atoms with Crippen LogP contribution in [0.5, 0.6) is 5.75 Å². The summed E-state index contributed by atoms with van der Waals surface area (Å²) in [5.74, 6) is 0.974. The first kappa shape index (κ1) is 13.3. The Morgan fingerprint density at radius 2 is 2.20 bits per heavy atom. The van der Waals surface area contributed by atoms with E-state index in [4.69, 9.17) is 9.47 Å². The summed E-state index contributed by atoms with van der Waals surface area (Å²) in [7, 11) is 0.